The number of carbonyl (C=O) groups excluding carboxylic acids is 1. The summed E-state index contributed by atoms with van der Waals surface area (Å²) < 4.78 is 13.1. The number of nitrogens with zero attached hydrogens (tertiary/aromatic N) is 5. The number of hydrogen-bond acceptors (Lipinski definition) is 6. The Morgan fingerprint density at radius 3 is 2.48 bits per heavy atom. The van der Waals surface area contributed by atoms with Gasteiger partial charge >= 0.3 is 0 Å². The molecule has 5 rings (SSSR count). The molecule has 6 nitrogen and oxygen atoms in total. The van der Waals surface area contributed by atoms with E-state index in [2.05, 4.69) is 14.9 Å². The highest BCUT2D eigenvalue weighted by Crippen LogP contribution is 2.23. The van der Waals surface area contributed by atoms with E-state index >= 15 is 0 Å². The number of rotatable bonds is 4. The van der Waals surface area contributed by atoms with Gasteiger partial charge in [0.05, 0.1) is 29.5 Å². The van der Waals surface area contributed by atoms with Crippen molar-refractivity contribution in [2.75, 3.05) is 26.2 Å². The van der Waals surface area contributed by atoms with Crippen molar-refractivity contribution in [2.45, 2.75) is 6.54 Å². The SMILES string of the molecule is O=C(c1cnc2ccccc2n1)N1CCN(Cc2nc(-c3ccc(F)cc3)cs2)CC1. The Labute approximate surface area is 183 Å². The van der Waals surface area contributed by atoms with Crippen LogP contribution in [-0.4, -0.2) is 56.8 Å². The molecule has 1 amide bonds. The van der Waals surface area contributed by atoms with Crippen LogP contribution in [0.25, 0.3) is 22.3 Å². The van der Waals surface area contributed by atoms with Gasteiger partial charge < -0.3 is 4.90 Å². The fourth-order valence-corrected chi connectivity index (χ4v) is 4.50. The van der Waals surface area contributed by atoms with Crippen molar-refractivity contribution in [3.8, 4) is 11.3 Å². The quantitative estimate of drug-likeness (QED) is 0.489. The van der Waals surface area contributed by atoms with Crippen LogP contribution in [0.5, 0.6) is 0 Å². The molecule has 31 heavy (non-hydrogen) atoms. The Morgan fingerprint density at radius 2 is 1.71 bits per heavy atom. The molecule has 0 spiro atoms. The predicted octanol–water partition coefficient (Wildman–Crippen LogP) is 3.85. The van der Waals surface area contributed by atoms with E-state index in [-0.39, 0.29) is 11.7 Å². The zero-order valence-electron chi connectivity index (χ0n) is 16.7. The van der Waals surface area contributed by atoms with Crippen LogP contribution >= 0.6 is 11.3 Å². The molecule has 1 aliphatic rings. The molecule has 1 aliphatic heterocycles. The van der Waals surface area contributed by atoms with E-state index in [0.29, 0.717) is 18.8 Å². The molecular weight excluding hydrogens is 413 g/mol. The third-order valence-corrected chi connectivity index (χ3v) is 6.21. The number of thiazole rings is 1. The number of carbonyl (C=O) groups is 1. The van der Waals surface area contributed by atoms with Gasteiger partial charge in [0.1, 0.15) is 16.5 Å². The fourth-order valence-electron chi connectivity index (χ4n) is 3.66. The molecule has 1 saturated heterocycles. The third-order valence-electron chi connectivity index (χ3n) is 5.38. The highest BCUT2D eigenvalue weighted by molar-refractivity contribution is 7.09. The number of benzene rings is 2. The largest absolute Gasteiger partial charge is 0.335 e. The fraction of sp³-hybridized carbons (Fsp3) is 0.217. The number of fused-ring (bicyclic) bond motifs is 1. The first-order chi connectivity index (χ1) is 15.2. The highest BCUT2D eigenvalue weighted by atomic mass is 32.1. The van der Waals surface area contributed by atoms with E-state index in [1.807, 2.05) is 34.5 Å². The van der Waals surface area contributed by atoms with Crippen LogP contribution in [0.1, 0.15) is 15.5 Å². The highest BCUT2D eigenvalue weighted by Gasteiger charge is 2.24. The second-order valence-corrected chi connectivity index (χ2v) is 8.39. The molecule has 2 aromatic carbocycles. The maximum absolute atomic E-state index is 13.1. The number of hydrogen-bond donors (Lipinski definition) is 0. The standard InChI is InChI=1S/C23H20FN5OS/c24-17-7-5-16(6-8-17)21-15-31-22(27-21)14-28-9-11-29(12-10-28)23(30)20-13-25-18-3-1-2-4-19(18)26-20/h1-8,13,15H,9-12,14H2. The van der Waals surface area contributed by atoms with Gasteiger partial charge in [0.15, 0.2) is 0 Å². The average molecular weight is 434 g/mol. The van der Waals surface area contributed by atoms with Crippen LogP contribution in [0.3, 0.4) is 0 Å². The topological polar surface area (TPSA) is 62.2 Å². The number of halogens is 1. The summed E-state index contributed by atoms with van der Waals surface area (Å²) in [5.74, 6) is -0.327. The van der Waals surface area contributed by atoms with Gasteiger partial charge in [-0.15, -0.1) is 11.3 Å². The molecule has 0 atom stereocenters. The summed E-state index contributed by atoms with van der Waals surface area (Å²) in [5.41, 5.74) is 3.68. The van der Waals surface area contributed by atoms with Crippen molar-refractivity contribution < 1.29 is 9.18 Å². The van der Waals surface area contributed by atoms with Gasteiger partial charge in [0, 0.05) is 37.1 Å². The molecule has 0 N–H and O–H groups in total. The van der Waals surface area contributed by atoms with E-state index in [1.165, 1.54) is 12.1 Å². The summed E-state index contributed by atoms with van der Waals surface area (Å²) >= 11 is 1.60. The molecule has 0 unspecified atom stereocenters. The molecule has 0 saturated carbocycles. The predicted molar refractivity (Wildman–Crippen MR) is 118 cm³/mol. The molecule has 0 aliphatic carbocycles. The van der Waals surface area contributed by atoms with Crippen molar-refractivity contribution in [2.24, 2.45) is 0 Å². The summed E-state index contributed by atoms with van der Waals surface area (Å²) in [6, 6.07) is 13.9. The summed E-state index contributed by atoms with van der Waals surface area (Å²) in [6.07, 6.45) is 1.56. The number of aromatic nitrogens is 3. The minimum atomic E-state index is -0.249. The van der Waals surface area contributed by atoms with Gasteiger partial charge in [-0.05, 0) is 36.4 Å². The zero-order valence-corrected chi connectivity index (χ0v) is 17.6. The lowest BCUT2D eigenvalue weighted by molar-refractivity contribution is 0.0622. The van der Waals surface area contributed by atoms with E-state index in [9.17, 15) is 9.18 Å². The van der Waals surface area contributed by atoms with Crippen LogP contribution in [0.15, 0.2) is 60.1 Å². The lowest BCUT2D eigenvalue weighted by Crippen LogP contribution is -2.48. The van der Waals surface area contributed by atoms with Gasteiger partial charge in [0.2, 0.25) is 0 Å². The molecule has 0 bridgehead atoms. The first-order valence-electron chi connectivity index (χ1n) is 10.1. The Hall–Kier alpha value is -3.23. The van der Waals surface area contributed by atoms with Crippen molar-refractivity contribution in [1.29, 1.82) is 0 Å². The van der Waals surface area contributed by atoms with E-state index in [4.69, 9.17) is 4.98 Å². The molecule has 3 heterocycles. The van der Waals surface area contributed by atoms with Crippen LogP contribution in [0.2, 0.25) is 0 Å². The molecule has 1 fully saturated rings. The zero-order chi connectivity index (χ0) is 21.2. The first kappa shape index (κ1) is 19.7. The Morgan fingerprint density at radius 1 is 0.968 bits per heavy atom. The molecule has 4 aromatic rings. The maximum Gasteiger partial charge on any atom is 0.274 e. The van der Waals surface area contributed by atoms with Crippen LogP contribution in [-0.2, 0) is 6.54 Å². The average Bonchev–Trinajstić information content (AvgIpc) is 3.27. The number of para-hydroxylation sites is 2. The summed E-state index contributed by atoms with van der Waals surface area (Å²) in [5, 5.41) is 3.01. The third kappa shape index (κ3) is 4.30. The smallest absolute Gasteiger partial charge is 0.274 e. The molecule has 0 radical (unpaired) electrons. The Bertz CT molecular complexity index is 1220. The lowest BCUT2D eigenvalue weighted by atomic mass is 10.2. The van der Waals surface area contributed by atoms with E-state index in [0.717, 1.165) is 46.9 Å². The van der Waals surface area contributed by atoms with Gasteiger partial charge in [-0.2, -0.15) is 0 Å². The van der Waals surface area contributed by atoms with Gasteiger partial charge in [-0.1, -0.05) is 12.1 Å². The summed E-state index contributed by atoms with van der Waals surface area (Å²) in [6.45, 7) is 3.58. The van der Waals surface area contributed by atoms with E-state index in [1.54, 1.807) is 29.7 Å². The van der Waals surface area contributed by atoms with Crippen LogP contribution < -0.4 is 0 Å². The minimum absolute atomic E-state index is 0.0780. The van der Waals surface area contributed by atoms with Crippen molar-refractivity contribution in [1.82, 2.24) is 24.8 Å². The summed E-state index contributed by atoms with van der Waals surface area (Å²) in [7, 11) is 0. The minimum Gasteiger partial charge on any atom is -0.335 e. The van der Waals surface area contributed by atoms with Gasteiger partial charge in [-0.25, -0.2) is 14.4 Å². The second kappa shape index (κ2) is 8.49. The van der Waals surface area contributed by atoms with Crippen LogP contribution in [0.4, 0.5) is 4.39 Å². The molecule has 156 valence electrons. The van der Waals surface area contributed by atoms with Crippen molar-refractivity contribution in [3.05, 3.63) is 76.6 Å². The van der Waals surface area contributed by atoms with Crippen molar-refractivity contribution in [3.63, 3.8) is 0 Å². The van der Waals surface area contributed by atoms with Crippen molar-refractivity contribution >= 4 is 28.3 Å². The monoisotopic (exact) mass is 433 g/mol. The molecule has 8 heteroatoms. The maximum atomic E-state index is 13.1. The first-order valence-corrected chi connectivity index (χ1v) is 11.0. The van der Waals surface area contributed by atoms with Gasteiger partial charge in [0.25, 0.3) is 5.91 Å². The van der Waals surface area contributed by atoms with E-state index < -0.39 is 0 Å². The summed E-state index contributed by atoms with van der Waals surface area (Å²) in [4.78, 5) is 30.5. The second-order valence-electron chi connectivity index (χ2n) is 7.45. The van der Waals surface area contributed by atoms with Gasteiger partial charge in [-0.3, -0.25) is 14.7 Å². The Kier molecular flexibility index (Phi) is 5.40. The number of piperazine rings is 1. The molecule has 2 aromatic heterocycles. The molecular formula is C23H20FN5OS. The number of amides is 1. The lowest BCUT2D eigenvalue weighted by Gasteiger charge is -2.34. The normalized spacial score (nSPS) is 14.8. The van der Waals surface area contributed by atoms with Crippen LogP contribution in [0, 0.1) is 5.82 Å². The Balaban J connectivity index is 1.19.